The fourth-order valence-electron chi connectivity index (χ4n) is 2.40. The van der Waals surface area contributed by atoms with Gasteiger partial charge >= 0.3 is 6.03 Å². The molecule has 0 bridgehead atoms. The number of likely N-dealkylation sites (tertiary alicyclic amines) is 2. The van der Waals surface area contributed by atoms with Crippen LogP contribution in [-0.4, -0.2) is 48.1 Å². The minimum absolute atomic E-state index is 0.0557. The van der Waals surface area contributed by atoms with Crippen molar-refractivity contribution in [1.82, 2.24) is 9.80 Å². The highest BCUT2D eigenvalue weighted by Gasteiger charge is 2.25. The third-order valence-electron chi connectivity index (χ3n) is 3.31. The summed E-state index contributed by atoms with van der Waals surface area (Å²) in [4.78, 5) is 15.1. The Hall–Kier alpha value is -1.21. The van der Waals surface area contributed by atoms with Gasteiger partial charge in [-0.1, -0.05) is 11.8 Å². The molecule has 2 aliphatic heterocycles. The molecule has 2 heterocycles. The molecule has 2 amide bonds. The highest BCUT2D eigenvalue weighted by molar-refractivity contribution is 5.73. The molecule has 88 valence electrons. The maximum atomic E-state index is 11.1. The first kappa shape index (κ1) is 11.3. The van der Waals surface area contributed by atoms with Gasteiger partial charge in [0.15, 0.2) is 0 Å². The van der Waals surface area contributed by atoms with Crippen LogP contribution >= 0.6 is 0 Å². The number of urea groups is 1. The van der Waals surface area contributed by atoms with Crippen molar-refractivity contribution in [1.29, 1.82) is 0 Å². The van der Waals surface area contributed by atoms with E-state index in [-0.39, 0.29) is 12.1 Å². The van der Waals surface area contributed by atoms with E-state index in [9.17, 15) is 4.79 Å². The van der Waals surface area contributed by atoms with Gasteiger partial charge in [0.2, 0.25) is 0 Å². The lowest BCUT2D eigenvalue weighted by atomic mass is 10.2. The van der Waals surface area contributed by atoms with Gasteiger partial charge < -0.3 is 10.6 Å². The van der Waals surface area contributed by atoms with Crippen LogP contribution in [0.5, 0.6) is 0 Å². The quantitative estimate of drug-likeness (QED) is 0.660. The second-order valence-electron chi connectivity index (χ2n) is 4.49. The summed E-state index contributed by atoms with van der Waals surface area (Å²) in [5, 5.41) is 0. The molecule has 0 unspecified atom stereocenters. The zero-order valence-corrected chi connectivity index (χ0v) is 9.61. The smallest absolute Gasteiger partial charge is 0.315 e. The number of carbonyl (C=O) groups excluding carboxylic acids is 1. The molecular weight excluding hydrogens is 202 g/mol. The van der Waals surface area contributed by atoms with Gasteiger partial charge in [0.05, 0.1) is 12.6 Å². The maximum Gasteiger partial charge on any atom is 0.315 e. The Balaban J connectivity index is 1.83. The molecular formula is C12H19N3O. The Morgan fingerprint density at radius 1 is 1.25 bits per heavy atom. The van der Waals surface area contributed by atoms with Crippen molar-refractivity contribution in [3.63, 3.8) is 0 Å². The van der Waals surface area contributed by atoms with Crippen LogP contribution in [0.3, 0.4) is 0 Å². The fourth-order valence-corrected chi connectivity index (χ4v) is 2.40. The molecule has 0 aromatic heterocycles. The number of nitrogens with zero attached hydrogens (tertiary/aromatic N) is 2. The predicted octanol–water partition coefficient (Wildman–Crippen LogP) is 0.629. The van der Waals surface area contributed by atoms with Crippen molar-refractivity contribution in [2.45, 2.75) is 31.7 Å². The second-order valence-corrected chi connectivity index (χ2v) is 4.49. The van der Waals surface area contributed by atoms with Crippen LogP contribution < -0.4 is 5.73 Å². The Labute approximate surface area is 96.8 Å². The third kappa shape index (κ3) is 2.67. The van der Waals surface area contributed by atoms with Gasteiger partial charge in [-0.05, 0) is 38.8 Å². The van der Waals surface area contributed by atoms with Crippen LogP contribution in [0.2, 0.25) is 0 Å². The third-order valence-corrected chi connectivity index (χ3v) is 3.31. The summed E-state index contributed by atoms with van der Waals surface area (Å²) in [6.07, 6.45) is 4.57. The monoisotopic (exact) mass is 221 g/mol. The summed E-state index contributed by atoms with van der Waals surface area (Å²) in [5.74, 6) is 6.35. The summed E-state index contributed by atoms with van der Waals surface area (Å²) < 4.78 is 0. The molecule has 16 heavy (non-hydrogen) atoms. The first-order valence-corrected chi connectivity index (χ1v) is 6.04. The van der Waals surface area contributed by atoms with E-state index in [1.807, 2.05) is 0 Å². The Morgan fingerprint density at radius 3 is 2.69 bits per heavy atom. The molecule has 2 fully saturated rings. The molecule has 0 aliphatic carbocycles. The molecule has 1 atom stereocenters. The average Bonchev–Trinajstić information content (AvgIpc) is 2.87. The molecule has 4 nitrogen and oxygen atoms in total. The fraction of sp³-hybridized carbons (Fsp3) is 0.750. The zero-order valence-electron chi connectivity index (χ0n) is 9.61. The molecule has 0 aromatic carbocycles. The molecule has 2 N–H and O–H groups in total. The molecule has 2 saturated heterocycles. The van der Waals surface area contributed by atoms with E-state index in [4.69, 9.17) is 5.73 Å². The van der Waals surface area contributed by atoms with Gasteiger partial charge in [0, 0.05) is 6.54 Å². The van der Waals surface area contributed by atoms with Crippen LogP contribution in [0.4, 0.5) is 4.79 Å². The van der Waals surface area contributed by atoms with Crippen molar-refractivity contribution < 1.29 is 4.79 Å². The molecule has 2 aliphatic rings. The normalized spacial score (nSPS) is 25.5. The highest BCUT2D eigenvalue weighted by Crippen LogP contribution is 2.15. The number of primary amides is 1. The lowest BCUT2D eigenvalue weighted by Crippen LogP contribution is -2.38. The Morgan fingerprint density at radius 2 is 2.00 bits per heavy atom. The van der Waals surface area contributed by atoms with Crippen LogP contribution in [0.15, 0.2) is 0 Å². The summed E-state index contributed by atoms with van der Waals surface area (Å²) >= 11 is 0. The molecule has 0 saturated carbocycles. The molecule has 0 aromatic rings. The average molecular weight is 221 g/mol. The van der Waals surface area contributed by atoms with Crippen molar-refractivity contribution in [2.75, 3.05) is 26.2 Å². The van der Waals surface area contributed by atoms with E-state index < -0.39 is 0 Å². The number of nitrogens with two attached hydrogens (primary N) is 1. The largest absolute Gasteiger partial charge is 0.351 e. The minimum Gasteiger partial charge on any atom is -0.351 e. The Kier molecular flexibility index (Phi) is 3.68. The van der Waals surface area contributed by atoms with E-state index in [0.29, 0.717) is 0 Å². The van der Waals surface area contributed by atoms with Crippen LogP contribution in [0, 0.1) is 11.8 Å². The van der Waals surface area contributed by atoms with Gasteiger partial charge in [-0.25, -0.2) is 4.79 Å². The number of rotatable bonds is 1. The van der Waals surface area contributed by atoms with Gasteiger partial charge in [-0.3, -0.25) is 4.90 Å². The van der Waals surface area contributed by atoms with Crippen molar-refractivity contribution in [2.24, 2.45) is 5.73 Å². The van der Waals surface area contributed by atoms with E-state index in [2.05, 4.69) is 16.7 Å². The van der Waals surface area contributed by atoms with Crippen molar-refractivity contribution in [3.8, 4) is 11.8 Å². The van der Waals surface area contributed by atoms with Crippen molar-refractivity contribution >= 4 is 6.03 Å². The van der Waals surface area contributed by atoms with E-state index in [1.165, 1.54) is 25.9 Å². The minimum atomic E-state index is -0.335. The van der Waals surface area contributed by atoms with Gasteiger partial charge in [0.1, 0.15) is 0 Å². The van der Waals surface area contributed by atoms with E-state index >= 15 is 0 Å². The topological polar surface area (TPSA) is 49.6 Å². The van der Waals surface area contributed by atoms with Crippen LogP contribution in [-0.2, 0) is 0 Å². The molecule has 4 heteroatoms. The van der Waals surface area contributed by atoms with Crippen LogP contribution in [0.25, 0.3) is 0 Å². The van der Waals surface area contributed by atoms with Gasteiger partial charge in [-0.2, -0.15) is 0 Å². The Bertz CT molecular complexity index is 312. The number of hydrogen-bond donors (Lipinski definition) is 1. The SMILES string of the molecule is NC(=O)N1CCC[C@@H]1C#CCN1CCCC1. The number of amides is 2. The lowest BCUT2D eigenvalue weighted by molar-refractivity contribution is 0.211. The van der Waals surface area contributed by atoms with Gasteiger partial charge in [-0.15, -0.1) is 0 Å². The second kappa shape index (κ2) is 5.22. The molecule has 0 radical (unpaired) electrons. The summed E-state index contributed by atoms with van der Waals surface area (Å²) in [7, 11) is 0. The standard InChI is InChI=1S/C12H19N3O/c13-12(16)15-10-4-6-11(15)5-3-9-14-7-1-2-8-14/h11H,1-2,4,6-10H2,(H2,13,16)/t11-/m0/s1. The first-order chi connectivity index (χ1) is 7.77. The maximum absolute atomic E-state index is 11.1. The number of hydrogen-bond acceptors (Lipinski definition) is 2. The van der Waals surface area contributed by atoms with Crippen LogP contribution in [0.1, 0.15) is 25.7 Å². The summed E-state index contributed by atoms with van der Waals surface area (Å²) in [6.45, 7) is 3.93. The summed E-state index contributed by atoms with van der Waals surface area (Å²) in [6, 6.07) is -0.280. The van der Waals surface area contributed by atoms with Crippen molar-refractivity contribution in [3.05, 3.63) is 0 Å². The lowest BCUT2D eigenvalue weighted by Gasteiger charge is -2.17. The van der Waals surface area contributed by atoms with E-state index in [0.717, 1.165) is 25.9 Å². The van der Waals surface area contributed by atoms with E-state index in [1.54, 1.807) is 4.90 Å². The van der Waals surface area contributed by atoms with Gasteiger partial charge in [0.25, 0.3) is 0 Å². The summed E-state index contributed by atoms with van der Waals surface area (Å²) in [5.41, 5.74) is 5.29. The molecule has 2 rings (SSSR count). The highest BCUT2D eigenvalue weighted by atomic mass is 16.2. The first-order valence-electron chi connectivity index (χ1n) is 6.04. The number of carbonyl (C=O) groups is 1. The molecule has 0 spiro atoms. The zero-order chi connectivity index (χ0) is 11.4. The predicted molar refractivity (Wildman–Crippen MR) is 62.8 cm³/mol.